The number of hydrogen-bond acceptors (Lipinski definition) is 4. The number of carbonyl (C=O) groups excluding carboxylic acids is 1. The molecule has 1 amide bonds. The Morgan fingerprint density at radius 3 is 3.00 bits per heavy atom. The van der Waals surface area contributed by atoms with Crippen molar-refractivity contribution in [3.63, 3.8) is 0 Å². The van der Waals surface area contributed by atoms with E-state index in [4.69, 9.17) is 4.74 Å². The van der Waals surface area contributed by atoms with E-state index < -0.39 is 5.69 Å². The van der Waals surface area contributed by atoms with Gasteiger partial charge < -0.3 is 15.0 Å². The van der Waals surface area contributed by atoms with Gasteiger partial charge in [-0.15, -0.1) is 0 Å². The molecule has 1 aromatic carbocycles. The normalized spacial score (nSPS) is 17.1. The number of halogens is 1. The minimum Gasteiger partial charge on any atom is -0.376 e. The highest BCUT2D eigenvalue weighted by molar-refractivity contribution is 9.10. The van der Waals surface area contributed by atoms with Gasteiger partial charge in [-0.1, -0.05) is 15.9 Å². The molecule has 134 valence electrons. The summed E-state index contributed by atoms with van der Waals surface area (Å²) in [6.07, 6.45) is 2.78. The van der Waals surface area contributed by atoms with Gasteiger partial charge in [-0.3, -0.25) is 14.2 Å². The van der Waals surface area contributed by atoms with Crippen molar-refractivity contribution < 1.29 is 9.53 Å². The molecule has 8 heteroatoms. The highest BCUT2D eigenvalue weighted by Crippen LogP contribution is 2.14. The Morgan fingerprint density at radius 2 is 2.24 bits per heavy atom. The molecule has 2 N–H and O–H groups in total. The molecule has 0 spiro atoms. The highest BCUT2D eigenvalue weighted by atomic mass is 79.9. The third kappa shape index (κ3) is 4.38. The first-order chi connectivity index (χ1) is 12.0. The van der Waals surface area contributed by atoms with E-state index in [1.54, 1.807) is 18.2 Å². The van der Waals surface area contributed by atoms with Gasteiger partial charge in [0, 0.05) is 30.6 Å². The van der Waals surface area contributed by atoms with Gasteiger partial charge in [-0.25, -0.2) is 4.79 Å². The van der Waals surface area contributed by atoms with Crippen LogP contribution in [-0.2, 0) is 16.1 Å². The second-order valence-electron chi connectivity index (χ2n) is 6.12. The number of benzene rings is 1. The van der Waals surface area contributed by atoms with Crippen molar-refractivity contribution in [2.75, 3.05) is 13.2 Å². The maximum atomic E-state index is 12.5. The van der Waals surface area contributed by atoms with Gasteiger partial charge in [0.15, 0.2) is 0 Å². The third-order valence-electron chi connectivity index (χ3n) is 4.28. The lowest BCUT2D eigenvalue weighted by atomic mass is 10.2. The van der Waals surface area contributed by atoms with E-state index in [1.807, 2.05) is 0 Å². The molecule has 0 radical (unpaired) electrons. The van der Waals surface area contributed by atoms with Crippen LogP contribution < -0.4 is 16.6 Å². The summed E-state index contributed by atoms with van der Waals surface area (Å²) in [4.78, 5) is 39.1. The molecule has 1 atom stereocenters. The van der Waals surface area contributed by atoms with Gasteiger partial charge in [0.25, 0.3) is 5.56 Å². The van der Waals surface area contributed by atoms with Crippen molar-refractivity contribution >= 4 is 32.7 Å². The average Bonchev–Trinajstić information content (AvgIpc) is 3.10. The Kier molecular flexibility index (Phi) is 5.70. The zero-order valence-electron chi connectivity index (χ0n) is 13.7. The van der Waals surface area contributed by atoms with Gasteiger partial charge >= 0.3 is 5.69 Å². The first-order valence-electron chi connectivity index (χ1n) is 8.35. The lowest BCUT2D eigenvalue weighted by Crippen LogP contribution is -2.36. The quantitative estimate of drug-likeness (QED) is 0.756. The monoisotopic (exact) mass is 409 g/mol. The van der Waals surface area contributed by atoms with Crippen LogP contribution in [0, 0.1) is 0 Å². The average molecular weight is 410 g/mol. The second-order valence-corrected chi connectivity index (χ2v) is 7.04. The van der Waals surface area contributed by atoms with Crippen LogP contribution >= 0.6 is 15.9 Å². The van der Waals surface area contributed by atoms with Crippen LogP contribution in [0.15, 0.2) is 32.3 Å². The molecule has 0 bridgehead atoms. The lowest BCUT2D eigenvalue weighted by Gasteiger charge is -2.11. The fraction of sp³-hybridized carbons (Fsp3) is 0.471. The van der Waals surface area contributed by atoms with E-state index in [2.05, 4.69) is 26.2 Å². The van der Waals surface area contributed by atoms with Crippen LogP contribution in [0.25, 0.3) is 10.9 Å². The van der Waals surface area contributed by atoms with E-state index in [0.717, 1.165) is 28.5 Å². The molecule has 0 unspecified atom stereocenters. The summed E-state index contributed by atoms with van der Waals surface area (Å²) in [5.41, 5.74) is -0.303. The predicted octanol–water partition coefficient (Wildman–Crippen LogP) is 1.53. The molecule has 1 aromatic heterocycles. The number of H-pyrrole nitrogens is 1. The number of carbonyl (C=O) groups is 1. The standard InChI is InChI=1S/C17H20BrN3O4/c18-11-5-6-14-13(9-11)16(23)21(17(24)20-14)7-1-4-15(22)19-10-12-3-2-8-25-12/h5-6,9,12H,1-4,7-8,10H2,(H,19,22)(H,20,24)/t12-/m0/s1. The van der Waals surface area contributed by atoms with Crippen molar-refractivity contribution in [3.05, 3.63) is 43.5 Å². The van der Waals surface area contributed by atoms with Crippen molar-refractivity contribution in [1.82, 2.24) is 14.9 Å². The Hall–Kier alpha value is -1.93. The van der Waals surface area contributed by atoms with Crippen molar-refractivity contribution in [2.24, 2.45) is 0 Å². The number of aromatic amines is 1. The molecule has 3 rings (SSSR count). The molecule has 2 heterocycles. The summed E-state index contributed by atoms with van der Waals surface area (Å²) < 4.78 is 7.36. The molecule has 0 saturated carbocycles. The number of rotatable bonds is 6. The number of nitrogens with one attached hydrogen (secondary N) is 2. The molecule has 1 aliphatic rings. The predicted molar refractivity (Wildman–Crippen MR) is 97.7 cm³/mol. The van der Waals surface area contributed by atoms with Crippen LogP contribution in [0.2, 0.25) is 0 Å². The lowest BCUT2D eigenvalue weighted by molar-refractivity contribution is -0.121. The van der Waals surface area contributed by atoms with Crippen molar-refractivity contribution in [3.8, 4) is 0 Å². The fourth-order valence-corrected chi connectivity index (χ4v) is 3.31. The summed E-state index contributed by atoms with van der Waals surface area (Å²) in [6, 6.07) is 5.13. The minimum atomic E-state index is -0.459. The number of amides is 1. The van der Waals surface area contributed by atoms with Crippen LogP contribution in [0.4, 0.5) is 0 Å². The molecule has 7 nitrogen and oxygen atoms in total. The molecule has 2 aromatic rings. The maximum absolute atomic E-state index is 12.5. The number of aromatic nitrogens is 2. The highest BCUT2D eigenvalue weighted by Gasteiger charge is 2.16. The smallest absolute Gasteiger partial charge is 0.328 e. The molecular weight excluding hydrogens is 390 g/mol. The van der Waals surface area contributed by atoms with E-state index in [0.29, 0.717) is 23.9 Å². The summed E-state index contributed by atoms with van der Waals surface area (Å²) in [5, 5.41) is 3.28. The summed E-state index contributed by atoms with van der Waals surface area (Å²) >= 11 is 3.32. The number of fused-ring (bicyclic) bond motifs is 1. The first-order valence-corrected chi connectivity index (χ1v) is 9.14. The van der Waals surface area contributed by atoms with E-state index in [1.165, 1.54) is 0 Å². The Bertz CT molecular complexity index is 884. The SMILES string of the molecule is O=C(CCCn1c(=O)[nH]c2ccc(Br)cc2c1=O)NC[C@@H]1CCCO1. The molecule has 25 heavy (non-hydrogen) atoms. The van der Waals surface area contributed by atoms with Gasteiger partial charge in [-0.2, -0.15) is 0 Å². The fourth-order valence-electron chi connectivity index (χ4n) is 2.94. The largest absolute Gasteiger partial charge is 0.376 e. The van der Waals surface area contributed by atoms with Crippen LogP contribution in [-0.4, -0.2) is 34.7 Å². The van der Waals surface area contributed by atoms with Gasteiger partial charge in [-0.05, 0) is 37.5 Å². The van der Waals surface area contributed by atoms with Crippen molar-refractivity contribution in [2.45, 2.75) is 38.3 Å². The summed E-state index contributed by atoms with van der Waals surface area (Å²) in [7, 11) is 0. The molecule has 1 fully saturated rings. The van der Waals surface area contributed by atoms with E-state index in [-0.39, 0.29) is 30.5 Å². The van der Waals surface area contributed by atoms with Gasteiger partial charge in [0.1, 0.15) is 0 Å². The molecule has 0 aliphatic carbocycles. The zero-order chi connectivity index (χ0) is 17.8. The molecule has 1 saturated heterocycles. The Labute approximate surface area is 152 Å². The maximum Gasteiger partial charge on any atom is 0.328 e. The van der Waals surface area contributed by atoms with E-state index in [9.17, 15) is 14.4 Å². The topological polar surface area (TPSA) is 93.2 Å². The van der Waals surface area contributed by atoms with Crippen LogP contribution in [0.5, 0.6) is 0 Å². The van der Waals surface area contributed by atoms with Crippen molar-refractivity contribution in [1.29, 1.82) is 0 Å². The molecular formula is C17H20BrN3O4. The Morgan fingerprint density at radius 1 is 1.40 bits per heavy atom. The van der Waals surface area contributed by atoms with Gasteiger partial charge in [0.2, 0.25) is 5.91 Å². The number of nitrogens with zero attached hydrogens (tertiary/aromatic N) is 1. The number of hydrogen-bond donors (Lipinski definition) is 2. The third-order valence-corrected chi connectivity index (χ3v) is 4.77. The van der Waals surface area contributed by atoms with E-state index >= 15 is 0 Å². The minimum absolute atomic E-state index is 0.0940. The number of ether oxygens (including phenoxy) is 1. The van der Waals surface area contributed by atoms with Crippen LogP contribution in [0.1, 0.15) is 25.7 Å². The van der Waals surface area contributed by atoms with Gasteiger partial charge in [0.05, 0.1) is 17.0 Å². The van der Waals surface area contributed by atoms with Crippen LogP contribution in [0.3, 0.4) is 0 Å². The summed E-state index contributed by atoms with van der Waals surface area (Å²) in [6.45, 7) is 1.47. The Balaban J connectivity index is 1.60. The first kappa shape index (κ1) is 17.9. The summed E-state index contributed by atoms with van der Waals surface area (Å²) in [5.74, 6) is -0.0940. The molecule has 1 aliphatic heterocycles. The zero-order valence-corrected chi connectivity index (χ0v) is 15.3. The second kappa shape index (κ2) is 7.97.